The molecule has 14 heteroatoms. The predicted octanol–water partition coefficient (Wildman–Crippen LogP) is 4.59. The first kappa shape index (κ1) is 26.0. The normalized spacial score (nSPS) is 12.1. The van der Waals surface area contributed by atoms with Gasteiger partial charge in [-0.3, -0.25) is 20.2 Å². The summed E-state index contributed by atoms with van der Waals surface area (Å²) in [4.78, 5) is 31.7. The molecule has 0 aromatic heterocycles. The summed E-state index contributed by atoms with van der Waals surface area (Å²) in [7, 11) is -4.71. The number of nitrogens with two attached hydrogens (primary N) is 1. The number of non-ortho nitro benzene ring substituents is 1. The van der Waals surface area contributed by atoms with E-state index in [-0.39, 0.29) is 22.3 Å². The summed E-state index contributed by atoms with van der Waals surface area (Å²) in [5.41, 5.74) is 6.25. The van der Waals surface area contributed by atoms with Gasteiger partial charge in [0, 0.05) is 40.4 Å². The number of rotatable bonds is 6. The van der Waals surface area contributed by atoms with Crippen molar-refractivity contribution in [1.29, 1.82) is 0 Å². The number of nitrogens with zero attached hydrogens (tertiary/aromatic N) is 3. The maximum Gasteiger partial charge on any atom is 0.336 e. The first-order valence-corrected chi connectivity index (χ1v) is 12.7. The second-order valence-corrected chi connectivity index (χ2v) is 10.1. The van der Waals surface area contributed by atoms with Crippen molar-refractivity contribution in [3.8, 4) is 22.5 Å². The third kappa shape index (κ3) is 4.58. The molecule has 3 aromatic rings. The summed E-state index contributed by atoms with van der Waals surface area (Å²) in [6.45, 7) is 0. The smallest absolute Gasteiger partial charge is 0.336 e. The van der Waals surface area contributed by atoms with Gasteiger partial charge in [-0.05, 0) is 42.0 Å². The van der Waals surface area contributed by atoms with Gasteiger partial charge in [0.1, 0.15) is 11.3 Å². The summed E-state index contributed by atoms with van der Waals surface area (Å²) in [5.74, 6) is -1.03. The Hall–Kier alpha value is -5.63. The molecule has 0 spiro atoms. The van der Waals surface area contributed by atoms with Crippen molar-refractivity contribution in [2.24, 2.45) is 4.40 Å². The van der Waals surface area contributed by atoms with Crippen molar-refractivity contribution in [1.82, 2.24) is 0 Å². The fraction of sp³-hybridized carbons (Fsp3) is 0. The molecule has 1 aliphatic heterocycles. The number of carboxylic acid groups (broad SMARTS) is 1. The second kappa shape index (κ2) is 9.59. The summed E-state index contributed by atoms with van der Waals surface area (Å²) in [5, 5.41) is 32.7. The first-order valence-electron chi connectivity index (χ1n) is 11.3. The number of carbonyl (C=O) groups is 1. The average Bonchev–Trinajstić information content (AvgIpc) is 2.90. The van der Waals surface area contributed by atoms with E-state index in [1.165, 1.54) is 30.3 Å². The highest BCUT2D eigenvalue weighted by atomic mass is 32.2. The van der Waals surface area contributed by atoms with Gasteiger partial charge in [-0.15, -0.1) is 0 Å². The summed E-state index contributed by atoms with van der Waals surface area (Å²) in [6.07, 6.45) is 0. The minimum Gasteiger partial charge on any atom is -0.478 e. The Kier molecular flexibility index (Phi) is 6.24. The molecule has 0 saturated carbocycles. The van der Waals surface area contributed by atoms with Crippen LogP contribution in [0.3, 0.4) is 0 Å². The number of sulfonamides is 1. The van der Waals surface area contributed by atoms with Gasteiger partial charge in [0.25, 0.3) is 21.4 Å². The standard InChI is InChI=1S/C26H16N4O9S/c27-14-5-8-19-22(11-14)39-23-12-15(6-9-20(23)25(19)17-3-1-2-4-18(17)26(31)32)28-40(37,38)24-10-7-16(29(33)34)13-21(24)30(35)36/h1-13H,27H2,(H,31,32)/b28-15+. The Morgan fingerprint density at radius 1 is 0.900 bits per heavy atom. The van der Waals surface area contributed by atoms with Crippen LogP contribution in [-0.2, 0) is 10.0 Å². The lowest BCUT2D eigenvalue weighted by Crippen LogP contribution is -2.10. The van der Waals surface area contributed by atoms with Crippen molar-refractivity contribution in [3.63, 3.8) is 0 Å². The van der Waals surface area contributed by atoms with Crippen molar-refractivity contribution >= 4 is 44.0 Å². The van der Waals surface area contributed by atoms with Crippen molar-refractivity contribution < 1.29 is 32.6 Å². The molecule has 3 N–H and O–H groups in total. The number of carboxylic acids is 1. The fourth-order valence-corrected chi connectivity index (χ4v) is 5.43. The van der Waals surface area contributed by atoms with Gasteiger partial charge >= 0.3 is 5.97 Å². The van der Waals surface area contributed by atoms with Gasteiger partial charge in [-0.25, -0.2) is 4.79 Å². The molecule has 0 amide bonds. The lowest BCUT2D eigenvalue weighted by atomic mass is 9.91. The first-order chi connectivity index (χ1) is 19.0. The number of aromatic carboxylic acids is 1. The van der Waals surface area contributed by atoms with Gasteiger partial charge in [0.2, 0.25) is 0 Å². The summed E-state index contributed by atoms with van der Waals surface area (Å²) >= 11 is 0. The van der Waals surface area contributed by atoms with Crippen LogP contribution in [0.15, 0.2) is 92.6 Å². The minimum atomic E-state index is -4.71. The number of anilines is 1. The van der Waals surface area contributed by atoms with Crippen LogP contribution in [-0.4, -0.2) is 29.3 Å². The highest BCUT2D eigenvalue weighted by Crippen LogP contribution is 2.41. The second-order valence-electron chi connectivity index (χ2n) is 8.50. The number of hydrogen-bond donors (Lipinski definition) is 2. The number of fused-ring (bicyclic) bond motifs is 2. The van der Waals surface area contributed by atoms with Crippen LogP contribution in [0.2, 0.25) is 0 Å². The zero-order valence-corrected chi connectivity index (χ0v) is 20.9. The number of nitro benzene ring substituents is 2. The van der Waals surface area contributed by atoms with Gasteiger partial charge in [0.05, 0.1) is 26.8 Å². The Morgan fingerprint density at radius 3 is 2.35 bits per heavy atom. The topological polar surface area (TPSA) is 209 Å². The van der Waals surface area contributed by atoms with E-state index in [9.17, 15) is 38.5 Å². The Balaban J connectivity index is 1.77. The van der Waals surface area contributed by atoms with E-state index in [1.807, 2.05) is 0 Å². The van der Waals surface area contributed by atoms with Crippen LogP contribution in [0.1, 0.15) is 10.4 Å². The minimum absolute atomic E-state index is 0.0231. The molecule has 0 bridgehead atoms. The monoisotopic (exact) mass is 560 g/mol. The van der Waals surface area contributed by atoms with E-state index in [2.05, 4.69) is 4.40 Å². The summed E-state index contributed by atoms with van der Waals surface area (Å²) in [6, 6.07) is 17.4. The van der Waals surface area contributed by atoms with Crippen molar-refractivity contribution in [3.05, 3.63) is 110 Å². The Morgan fingerprint density at radius 2 is 1.65 bits per heavy atom. The molecule has 13 nitrogen and oxygen atoms in total. The fourth-order valence-electron chi connectivity index (χ4n) is 4.30. The van der Waals surface area contributed by atoms with E-state index in [4.69, 9.17) is 10.2 Å². The Bertz CT molecular complexity index is 2030. The molecular formula is C26H16N4O9S. The zero-order valence-electron chi connectivity index (χ0n) is 20.0. The van der Waals surface area contributed by atoms with E-state index in [0.717, 1.165) is 12.1 Å². The van der Waals surface area contributed by atoms with Crippen molar-refractivity contribution in [2.45, 2.75) is 4.90 Å². The molecule has 40 heavy (non-hydrogen) atoms. The molecule has 0 atom stereocenters. The van der Waals surface area contributed by atoms with Gasteiger partial charge in [-0.1, -0.05) is 18.2 Å². The third-order valence-electron chi connectivity index (χ3n) is 6.01. The lowest BCUT2D eigenvalue weighted by Gasteiger charge is -2.17. The van der Waals surface area contributed by atoms with Crippen LogP contribution < -0.4 is 11.1 Å². The molecule has 0 radical (unpaired) electrons. The third-order valence-corrected chi connectivity index (χ3v) is 7.36. The molecule has 2 aliphatic rings. The number of nitro groups is 2. The van der Waals surface area contributed by atoms with Gasteiger partial charge < -0.3 is 15.3 Å². The summed E-state index contributed by atoms with van der Waals surface area (Å²) < 4.78 is 35.8. The highest BCUT2D eigenvalue weighted by Gasteiger charge is 2.28. The number of benzene rings is 4. The van der Waals surface area contributed by atoms with Gasteiger partial charge in [0.15, 0.2) is 4.90 Å². The molecular weight excluding hydrogens is 544 g/mol. The molecule has 3 aromatic carbocycles. The Labute approximate surface area is 224 Å². The van der Waals surface area contributed by atoms with Crippen molar-refractivity contribution in [2.75, 3.05) is 5.73 Å². The van der Waals surface area contributed by atoms with Crippen LogP contribution >= 0.6 is 0 Å². The molecule has 0 fully saturated rings. The molecule has 200 valence electrons. The number of hydrogen-bond acceptors (Lipinski definition) is 9. The van der Waals surface area contributed by atoms with Gasteiger partial charge in [-0.2, -0.15) is 12.8 Å². The lowest BCUT2D eigenvalue weighted by molar-refractivity contribution is -0.396. The highest BCUT2D eigenvalue weighted by molar-refractivity contribution is 7.90. The predicted molar refractivity (Wildman–Crippen MR) is 142 cm³/mol. The maximum absolute atomic E-state index is 13.1. The van der Waals surface area contributed by atoms with E-state index in [1.54, 1.807) is 30.3 Å². The molecule has 0 unspecified atom stereocenters. The van der Waals surface area contributed by atoms with E-state index in [0.29, 0.717) is 33.8 Å². The maximum atomic E-state index is 13.1. The quantitative estimate of drug-likeness (QED) is 0.128. The molecule has 5 rings (SSSR count). The SMILES string of the molecule is Nc1ccc2c(-c3ccccc3C(=O)O)c3cc/c(=N\S(=O)(=O)c4ccc([N+](=O)[O-])cc4[N+](=O)[O-])cc-3oc2c1. The average molecular weight is 561 g/mol. The molecule has 1 heterocycles. The zero-order chi connectivity index (χ0) is 28.8. The number of nitrogen functional groups attached to an aromatic ring is 1. The van der Waals surface area contributed by atoms with Crippen LogP contribution in [0.25, 0.3) is 33.4 Å². The van der Waals surface area contributed by atoms with E-state index < -0.39 is 42.1 Å². The van der Waals surface area contributed by atoms with Crippen LogP contribution in [0, 0.1) is 20.2 Å². The van der Waals surface area contributed by atoms with E-state index >= 15 is 0 Å². The van der Waals surface area contributed by atoms with Crippen LogP contribution in [0.4, 0.5) is 17.1 Å². The van der Waals surface area contributed by atoms with Crippen LogP contribution in [0.5, 0.6) is 0 Å². The largest absolute Gasteiger partial charge is 0.478 e. The molecule has 0 saturated heterocycles. The molecule has 1 aliphatic carbocycles.